The third-order valence-electron chi connectivity index (χ3n) is 3.43. The molecular formula is C18H18Cl2N2O2. The number of benzene rings is 2. The van der Waals surface area contributed by atoms with Gasteiger partial charge in [0.25, 0.3) is 5.97 Å². The molecule has 2 aromatic rings. The molecule has 0 saturated carbocycles. The molecule has 0 bridgehead atoms. The summed E-state index contributed by atoms with van der Waals surface area (Å²) >= 11 is 12.3. The molecule has 0 fully saturated rings. The quantitative estimate of drug-likeness (QED) is 0.783. The number of carboxylic acids is 1. The molecule has 6 heteroatoms. The zero-order chi connectivity index (χ0) is 17.7. The highest BCUT2D eigenvalue weighted by Gasteiger charge is 2.25. The van der Waals surface area contributed by atoms with Crippen LogP contribution in [0.2, 0.25) is 10.0 Å². The van der Waals surface area contributed by atoms with E-state index in [-0.39, 0.29) is 6.04 Å². The van der Waals surface area contributed by atoms with Gasteiger partial charge in [-0.1, -0.05) is 41.4 Å². The first-order chi connectivity index (χ1) is 11.4. The van der Waals surface area contributed by atoms with E-state index < -0.39 is 5.97 Å². The van der Waals surface area contributed by atoms with Gasteiger partial charge < -0.3 is 5.11 Å². The Morgan fingerprint density at radius 2 is 1.83 bits per heavy atom. The molecule has 3 rings (SSSR count). The Bertz CT molecular complexity index is 741. The molecule has 24 heavy (non-hydrogen) atoms. The highest BCUT2D eigenvalue weighted by atomic mass is 35.5. The van der Waals surface area contributed by atoms with Crippen molar-refractivity contribution < 1.29 is 9.90 Å². The summed E-state index contributed by atoms with van der Waals surface area (Å²) in [5, 5.41) is 15.3. The number of hydrogen-bond donors (Lipinski definition) is 1. The van der Waals surface area contributed by atoms with Gasteiger partial charge in [-0.15, -0.1) is 0 Å². The molecule has 0 radical (unpaired) electrons. The number of hydrogen-bond acceptors (Lipinski definition) is 3. The van der Waals surface area contributed by atoms with Crippen molar-refractivity contribution in [2.24, 2.45) is 5.10 Å². The number of aryl methyl sites for hydroxylation is 1. The van der Waals surface area contributed by atoms with E-state index in [0.717, 1.165) is 34.6 Å². The van der Waals surface area contributed by atoms with Crippen LogP contribution in [0, 0.1) is 6.92 Å². The molecule has 1 aliphatic heterocycles. The Morgan fingerprint density at radius 1 is 1.21 bits per heavy atom. The molecule has 0 amide bonds. The third kappa shape index (κ3) is 4.73. The molecule has 2 aromatic carbocycles. The number of hydrazone groups is 1. The lowest BCUT2D eigenvalue weighted by Gasteiger charge is -2.25. The van der Waals surface area contributed by atoms with Gasteiger partial charge in [0, 0.05) is 24.6 Å². The first kappa shape index (κ1) is 18.3. The van der Waals surface area contributed by atoms with Crippen LogP contribution in [0.1, 0.15) is 30.5 Å². The van der Waals surface area contributed by atoms with Crippen molar-refractivity contribution in [2.75, 3.05) is 5.01 Å². The molecule has 4 nitrogen and oxygen atoms in total. The molecule has 1 atom stereocenters. The lowest BCUT2D eigenvalue weighted by atomic mass is 10.0. The number of nitrogens with zero attached hydrogens (tertiary/aromatic N) is 2. The van der Waals surface area contributed by atoms with E-state index in [0.29, 0.717) is 0 Å². The highest BCUT2D eigenvalue weighted by Crippen LogP contribution is 2.37. The van der Waals surface area contributed by atoms with Crippen molar-refractivity contribution in [1.82, 2.24) is 0 Å². The van der Waals surface area contributed by atoms with Gasteiger partial charge in [-0.3, -0.25) is 9.80 Å². The first-order valence-electron chi connectivity index (χ1n) is 7.41. The van der Waals surface area contributed by atoms with Gasteiger partial charge in [-0.05, 0) is 42.3 Å². The SMILES string of the molecule is CC(=O)O.Cc1ccc(N2N=CCC2c2ccc(Cl)cc2)c(Cl)c1. The van der Waals surface area contributed by atoms with E-state index in [1.807, 2.05) is 60.6 Å². The first-order valence-corrected chi connectivity index (χ1v) is 8.17. The second-order valence-corrected chi connectivity index (χ2v) is 6.26. The summed E-state index contributed by atoms with van der Waals surface area (Å²) in [6.45, 7) is 3.11. The number of carbonyl (C=O) groups is 1. The molecule has 0 saturated heterocycles. The van der Waals surface area contributed by atoms with Crippen LogP contribution < -0.4 is 5.01 Å². The molecule has 0 aromatic heterocycles. The molecular weight excluding hydrogens is 347 g/mol. The van der Waals surface area contributed by atoms with E-state index in [1.54, 1.807) is 0 Å². The third-order valence-corrected chi connectivity index (χ3v) is 3.99. The molecule has 126 valence electrons. The number of aliphatic carboxylic acids is 1. The number of carboxylic acid groups (broad SMARTS) is 1. The maximum absolute atomic E-state index is 9.00. The molecule has 1 heterocycles. The molecule has 0 aliphatic carbocycles. The highest BCUT2D eigenvalue weighted by molar-refractivity contribution is 6.33. The van der Waals surface area contributed by atoms with E-state index in [1.165, 1.54) is 5.56 Å². The predicted octanol–water partition coefficient (Wildman–Crippen LogP) is 5.33. The van der Waals surface area contributed by atoms with E-state index in [2.05, 4.69) is 5.10 Å². The fraction of sp³-hybridized carbons (Fsp3) is 0.222. The second-order valence-electron chi connectivity index (χ2n) is 5.42. The Hall–Kier alpha value is -2.04. The Balaban J connectivity index is 0.000000471. The van der Waals surface area contributed by atoms with Gasteiger partial charge in [-0.25, -0.2) is 0 Å². The largest absolute Gasteiger partial charge is 0.481 e. The summed E-state index contributed by atoms with van der Waals surface area (Å²) < 4.78 is 0. The molecule has 1 unspecified atom stereocenters. The van der Waals surface area contributed by atoms with Gasteiger partial charge >= 0.3 is 0 Å². The Morgan fingerprint density at radius 3 is 2.42 bits per heavy atom. The summed E-state index contributed by atoms with van der Waals surface area (Å²) in [6.07, 6.45) is 2.79. The van der Waals surface area contributed by atoms with Gasteiger partial charge in [-0.2, -0.15) is 5.10 Å². The molecule has 0 spiro atoms. The van der Waals surface area contributed by atoms with Crippen molar-refractivity contribution in [1.29, 1.82) is 0 Å². The number of halogens is 2. The minimum Gasteiger partial charge on any atom is -0.481 e. The molecule has 1 N–H and O–H groups in total. The van der Waals surface area contributed by atoms with Crippen LogP contribution in [0.4, 0.5) is 5.69 Å². The zero-order valence-electron chi connectivity index (χ0n) is 13.4. The van der Waals surface area contributed by atoms with Crippen LogP contribution in [0.3, 0.4) is 0 Å². The van der Waals surface area contributed by atoms with Crippen LogP contribution in [0.15, 0.2) is 47.6 Å². The van der Waals surface area contributed by atoms with Crippen molar-refractivity contribution >= 4 is 41.1 Å². The van der Waals surface area contributed by atoms with E-state index in [4.69, 9.17) is 33.1 Å². The zero-order valence-corrected chi connectivity index (χ0v) is 14.9. The second kappa shape index (κ2) is 8.18. The minimum absolute atomic E-state index is 0.174. The average Bonchev–Trinajstić information content (AvgIpc) is 2.96. The lowest BCUT2D eigenvalue weighted by Crippen LogP contribution is -2.18. The van der Waals surface area contributed by atoms with Crippen molar-refractivity contribution in [3.05, 3.63) is 63.6 Å². The Kier molecular flexibility index (Phi) is 6.23. The van der Waals surface area contributed by atoms with Crippen LogP contribution in [0.25, 0.3) is 0 Å². The normalized spacial score (nSPS) is 15.8. The smallest absolute Gasteiger partial charge is 0.300 e. The van der Waals surface area contributed by atoms with Gasteiger partial charge in [0.15, 0.2) is 0 Å². The molecule has 1 aliphatic rings. The van der Waals surface area contributed by atoms with Crippen molar-refractivity contribution in [2.45, 2.75) is 26.3 Å². The van der Waals surface area contributed by atoms with E-state index >= 15 is 0 Å². The summed E-state index contributed by atoms with van der Waals surface area (Å²) in [6, 6.07) is 14.1. The maximum atomic E-state index is 9.00. The van der Waals surface area contributed by atoms with Gasteiger partial charge in [0.05, 0.1) is 16.8 Å². The number of anilines is 1. The fourth-order valence-corrected chi connectivity index (χ4v) is 2.85. The fourth-order valence-electron chi connectivity index (χ4n) is 2.41. The maximum Gasteiger partial charge on any atom is 0.300 e. The van der Waals surface area contributed by atoms with Crippen LogP contribution in [-0.2, 0) is 4.79 Å². The topological polar surface area (TPSA) is 52.9 Å². The van der Waals surface area contributed by atoms with Crippen LogP contribution in [0.5, 0.6) is 0 Å². The standard InChI is InChI=1S/C16H14Cl2N2.C2H4O2/c1-11-2-7-16(14(18)10-11)20-15(8-9-19-20)12-3-5-13(17)6-4-12;1-2(3)4/h2-7,9-10,15H,8H2,1H3;1H3,(H,3,4). The minimum atomic E-state index is -0.833. The summed E-state index contributed by atoms with van der Waals surface area (Å²) in [5.41, 5.74) is 3.26. The summed E-state index contributed by atoms with van der Waals surface area (Å²) in [4.78, 5) is 9.00. The predicted molar refractivity (Wildman–Crippen MR) is 99.3 cm³/mol. The average molecular weight is 365 g/mol. The lowest BCUT2D eigenvalue weighted by molar-refractivity contribution is -0.134. The van der Waals surface area contributed by atoms with E-state index in [9.17, 15) is 0 Å². The van der Waals surface area contributed by atoms with Crippen LogP contribution >= 0.6 is 23.2 Å². The Labute approximate surface area is 151 Å². The summed E-state index contributed by atoms with van der Waals surface area (Å²) in [5.74, 6) is -0.833. The summed E-state index contributed by atoms with van der Waals surface area (Å²) in [7, 11) is 0. The monoisotopic (exact) mass is 364 g/mol. The van der Waals surface area contributed by atoms with Crippen LogP contribution in [-0.4, -0.2) is 17.3 Å². The number of rotatable bonds is 2. The van der Waals surface area contributed by atoms with Gasteiger partial charge in [0.1, 0.15) is 0 Å². The van der Waals surface area contributed by atoms with Crippen molar-refractivity contribution in [3.8, 4) is 0 Å². The van der Waals surface area contributed by atoms with Gasteiger partial charge in [0.2, 0.25) is 0 Å². The van der Waals surface area contributed by atoms with Crippen molar-refractivity contribution in [3.63, 3.8) is 0 Å².